The van der Waals surface area contributed by atoms with Gasteiger partial charge in [-0.3, -0.25) is 0 Å². The first-order chi connectivity index (χ1) is 15.3. The Morgan fingerprint density at radius 1 is 1.16 bits per heavy atom. The molecule has 0 amide bonds. The summed E-state index contributed by atoms with van der Waals surface area (Å²) >= 11 is 0. The van der Waals surface area contributed by atoms with Gasteiger partial charge in [0.15, 0.2) is 5.60 Å². The average Bonchev–Trinajstić information content (AvgIpc) is 3.38. The van der Waals surface area contributed by atoms with Crippen LogP contribution in [0, 0.1) is 6.92 Å². The van der Waals surface area contributed by atoms with E-state index in [4.69, 9.17) is 14.0 Å². The molecule has 32 heavy (non-hydrogen) atoms. The van der Waals surface area contributed by atoms with Gasteiger partial charge in [0.1, 0.15) is 11.5 Å². The Kier molecular flexibility index (Phi) is 5.85. The lowest BCUT2D eigenvalue weighted by atomic mass is 10.1. The smallest absolute Gasteiger partial charge is 0.347 e. The summed E-state index contributed by atoms with van der Waals surface area (Å²) in [6.45, 7) is 6.15. The van der Waals surface area contributed by atoms with Crippen molar-refractivity contribution in [2.75, 3.05) is 6.61 Å². The van der Waals surface area contributed by atoms with Gasteiger partial charge in [0, 0.05) is 30.6 Å². The molecule has 8 heteroatoms. The van der Waals surface area contributed by atoms with Gasteiger partial charge in [0.05, 0.1) is 12.1 Å². The van der Waals surface area contributed by atoms with E-state index in [0.29, 0.717) is 24.1 Å². The zero-order chi connectivity index (χ0) is 22.7. The molecule has 2 aromatic heterocycles. The molecular weight excluding hydrogens is 410 g/mol. The lowest BCUT2D eigenvalue weighted by Crippen LogP contribution is -2.37. The average molecular weight is 435 g/mol. The number of carboxylic acid groups (broad SMARTS) is 1. The van der Waals surface area contributed by atoms with E-state index in [2.05, 4.69) is 14.7 Å². The third-order valence-corrected chi connectivity index (χ3v) is 5.11. The SMILES string of the molecule is Cc1nc(-c2ccc(OCCCn3ccc4c(OC(C)(C)C(=O)O)cccc43)cc2)no1. The number of hydrogen-bond donors (Lipinski definition) is 1. The number of nitrogens with zero attached hydrogens (tertiary/aromatic N) is 3. The van der Waals surface area contributed by atoms with Crippen LogP contribution in [0.5, 0.6) is 11.5 Å². The fourth-order valence-electron chi connectivity index (χ4n) is 3.34. The Balaban J connectivity index is 1.35. The van der Waals surface area contributed by atoms with Crippen LogP contribution in [0.25, 0.3) is 22.3 Å². The quantitative estimate of drug-likeness (QED) is 0.380. The predicted molar refractivity (Wildman–Crippen MR) is 119 cm³/mol. The van der Waals surface area contributed by atoms with Gasteiger partial charge in [-0.15, -0.1) is 0 Å². The maximum Gasteiger partial charge on any atom is 0.347 e. The van der Waals surface area contributed by atoms with Crippen LogP contribution < -0.4 is 9.47 Å². The zero-order valence-electron chi connectivity index (χ0n) is 18.2. The molecule has 0 saturated heterocycles. The summed E-state index contributed by atoms with van der Waals surface area (Å²) in [6, 6.07) is 15.2. The first-order valence-electron chi connectivity index (χ1n) is 10.4. The van der Waals surface area contributed by atoms with E-state index in [1.165, 1.54) is 13.8 Å². The van der Waals surface area contributed by atoms with Crippen molar-refractivity contribution in [1.29, 1.82) is 0 Å². The van der Waals surface area contributed by atoms with Crippen molar-refractivity contribution in [3.05, 3.63) is 60.6 Å². The normalized spacial score (nSPS) is 11.6. The van der Waals surface area contributed by atoms with Gasteiger partial charge >= 0.3 is 5.97 Å². The number of hydrogen-bond acceptors (Lipinski definition) is 6. The molecule has 1 N–H and O–H groups in total. The minimum absolute atomic E-state index is 0.530. The third-order valence-electron chi connectivity index (χ3n) is 5.11. The van der Waals surface area contributed by atoms with Crippen LogP contribution in [0.1, 0.15) is 26.2 Å². The van der Waals surface area contributed by atoms with Gasteiger partial charge in [-0.1, -0.05) is 11.2 Å². The molecule has 166 valence electrons. The summed E-state index contributed by atoms with van der Waals surface area (Å²) in [6.07, 6.45) is 2.79. The van der Waals surface area contributed by atoms with Crippen molar-refractivity contribution in [2.45, 2.75) is 39.3 Å². The molecule has 8 nitrogen and oxygen atoms in total. The van der Waals surface area contributed by atoms with Crippen LogP contribution in [-0.2, 0) is 11.3 Å². The summed E-state index contributed by atoms with van der Waals surface area (Å²) in [4.78, 5) is 15.6. The highest BCUT2D eigenvalue weighted by atomic mass is 16.5. The summed E-state index contributed by atoms with van der Waals surface area (Å²) in [5.74, 6) is 1.41. The summed E-state index contributed by atoms with van der Waals surface area (Å²) in [5, 5.41) is 14.1. The van der Waals surface area contributed by atoms with Gasteiger partial charge in [-0.2, -0.15) is 4.98 Å². The van der Waals surface area contributed by atoms with Gasteiger partial charge in [-0.05, 0) is 62.7 Å². The molecule has 0 bridgehead atoms. The fourth-order valence-corrected chi connectivity index (χ4v) is 3.34. The minimum Gasteiger partial charge on any atom is -0.494 e. The third kappa shape index (κ3) is 4.59. The molecule has 0 aliphatic heterocycles. The lowest BCUT2D eigenvalue weighted by Gasteiger charge is -2.22. The van der Waals surface area contributed by atoms with Crippen LogP contribution in [0.4, 0.5) is 0 Å². The predicted octanol–water partition coefficient (Wildman–Crippen LogP) is 4.71. The second kappa shape index (κ2) is 8.74. The highest BCUT2D eigenvalue weighted by molar-refractivity contribution is 5.87. The highest BCUT2D eigenvalue weighted by Gasteiger charge is 2.30. The fraction of sp³-hybridized carbons (Fsp3) is 0.292. The largest absolute Gasteiger partial charge is 0.494 e. The van der Waals surface area contributed by atoms with E-state index in [-0.39, 0.29) is 0 Å². The number of aryl methyl sites for hydroxylation is 2. The molecule has 0 aliphatic rings. The molecule has 0 radical (unpaired) electrons. The second-order valence-electron chi connectivity index (χ2n) is 7.98. The second-order valence-corrected chi connectivity index (χ2v) is 7.98. The topological polar surface area (TPSA) is 99.6 Å². The number of ether oxygens (including phenoxy) is 2. The summed E-state index contributed by atoms with van der Waals surface area (Å²) in [7, 11) is 0. The van der Waals surface area contributed by atoms with Crippen LogP contribution in [0.15, 0.2) is 59.3 Å². The number of fused-ring (bicyclic) bond motifs is 1. The van der Waals surface area contributed by atoms with E-state index in [1.54, 1.807) is 13.0 Å². The first-order valence-corrected chi connectivity index (χ1v) is 10.4. The van der Waals surface area contributed by atoms with Gasteiger partial charge in [-0.25, -0.2) is 4.79 Å². The summed E-state index contributed by atoms with van der Waals surface area (Å²) < 4.78 is 18.7. The molecule has 0 unspecified atom stereocenters. The zero-order valence-corrected chi connectivity index (χ0v) is 18.2. The van der Waals surface area contributed by atoms with E-state index in [1.807, 2.05) is 48.7 Å². The van der Waals surface area contributed by atoms with Gasteiger partial charge in [0.2, 0.25) is 11.7 Å². The maximum atomic E-state index is 11.4. The Hall–Kier alpha value is -3.81. The number of carbonyl (C=O) groups is 1. The van der Waals surface area contributed by atoms with Crippen molar-refractivity contribution in [1.82, 2.24) is 14.7 Å². The minimum atomic E-state index is -1.30. The molecular formula is C24H25N3O5. The van der Waals surface area contributed by atoms with Crippen molar-refractivity contribution >= 4 is 16.9 Å². The standard InChI is InChI=1S/C24H25N3O5/c1-16-25-22(26-32-16)17-8-10-18(11-9-17)30-15-5-13-27-14-12-19-20(27)6-4-7-21(19)31-24(2,3)23(28)29/h4,6-12,14H,5,13,15H2,1-3H3,(H,28,29). The van der Waals surface area contributed by atoms with Crippen molar-refractivity contribution < 1.29 is 23.9 Å². The molecule has 0 saturated carbocycles. The number of aliphatic carboxylic acids is 1. The van der Waals surface area contributed by atoms with E-state index in [9.17, 15) is 9.90 Å². The molecule has 0 fully saturated rings. The number of benzene rings is 2. The molecule has 0 spiro atoms. The molecule has 0 aliphatic carbocycles. The Labute approximate surface area is 185 Å². The van der Waals surface area contributed by atoms with Gasteiger partial charge in [0.25, 0.3) is 0 Å². The van der Waals surface area contributed by atoms with Crippen LogP contribution in [0.3, 0.4) is 0 Å². The lowest BCUT2D eigenvalue weighted by molar-refractivity contribution is -0.152. The maximum absolute atomic E-state index is 11.4. The van der Waals surface area contributed by atoms with E-state index in [0.717, 1.165) is 35.2 Å². The van der Waals surface area contributed by atoms with Crippen LogP contribution in [-0.4, -0.2) is 38.0 Å². The monoisotopic (exact) mass is 435 g/mol. The Morgan fingerprint density at radius 3 is 2.62 bits per heavy atom. The van der Waals surface area contributed by atoms with Crippen molar-refractivity contribution in [2.24, 2.45) is 0 Å². The molecule has 4 aromatic rings. The first kappa shape index (κ1) is 21.4. The van der Waals surface area contributed by atoms with Crippen molar-refractivity contribution in [3.8, 4) is 22.9 Å². The summed E-state index contributed by atoms with van der Waals surface area (Å²) in [5.41, 5.74) is 0.558. The van der Waals surface area contributed by atoms with Crippen LogP contribution in [0.2, 0.25) is 0 Å². The molecule has 2 aromatic carbocycles. The molecule has 0 atom stereocenters. The number of rotatable bonds is 9. The highest BCUT2D eigenvalue weighted by Crippen LogP contribution is 2.30. The number of aromatic nitrogens is 3. The van der Waals surface area contributed by atoms with Crippen LogP contribution >= 0.6 is 0 Å². The van der Waals surface area contributed by atoms with Gasteiger partial charge < -0.3 is 23.7 Å². The van der Waals surface area contributed by atoms with E-state index < -0.39 is 11.6 Å². The Bertz CT molecular complexity index is 1220. The molecule has 4 rings (SSSR count). The molecule has 2 heterocycles. The van der Waals surface area contributed by atoms with E-state index >= 15 is 0 Å². The van der Waals surface area contributed by atoms with Crippen molar-refractivity contribution in [3.63, 3.8) is 0 Å². The number of carboxylic acids is 1. The Morgan fingerprint density at radius 2 is 1.94 bits per heavy atom.